The van der Waals surface area contributed by atoms with Crippen LogP contribution in [0.2, 0.25) is 0 Å². The lowest BCUT2D eigenvalue weighted by molar-refractivity contribution is -0.176. The minimum atomic E-state index is -0.956. The standard InChI is InChI=1S/C30H34N2O10S/c1-30(2)25(29(37)42-17-41-22(34)15-9-14-21(33)40-16-18-10-6-5-7-11-18)32-27(36)24(28(32)43-30)31-26(35)23-19(38-3)12-8-13-20(23)39-4/h5-8,10-13,24-25,28H,9,14-17H2,1-4H3,(H,31,35)/t24?,25-,28+/m0/s1. The summed E-state index contributed by atoms with van der Waals surface area (Å²) < 4.78 is 25.2. The molecule has 2 aliphatic rings. The Balaban J connectivity index is 1.22. The minimum absolute atomic E-state index is 0.0369. The molecule has 230 valence electrons. The zero-order valence-electron chi connectivity index (χ0n) is 24.3. The van der Waals surface area contributed by atoms with Crippen LogP contribution in [0.3, 0.4) is 0 Å². The van der Waals surface area contributed by atoms with Crippen molar-refractivity contribution >= 4 is 41.5 Å². The molecule has 12 nitrogen and oxygen atoms in total. The molecule has 0 radical (unpaired) electrons. The quantitative estimate of drug-likeness (QED) is 0.202. The molecule has 2 aromatic carbocycles. The van der Waals surface area contributed by atoms with Crippen LogP contribution >= 0.6 is 11.8 Å². The topological polar surface area (TPSA) is 147 Å². The van der Waals surface area contributed by atoms with Crippen LogP contribution in [0.1, 0.15) is 49.0 Å². The summed E-state index contributed by atoms with van der Waals surface area (Å²) in [7, 11) is 2.85. The van der Waals surface area contributed by atoms with Crippen LogP contribution in [0.15, 0.2) is 48.5 Å². The van der Waals surface area contributed by atoms with Crippen LogP contribution in [0.4, 0.5) is 0 Å². The summed E-state index contributed by atoms with van der Waals surface area (Å²) in [6, 6.07) is 12.3. The van der Waals surface area contributed by atoms with Gasteiger partial charge in [0.1, 0.15) is 41.1 Å². The third kappa shape index (κ3) is 7.22. The van der Waals surface area contributed by atoms with Crippen molar-refractivity contribution in [3.63, 3.8) is 0 Å². The van der Waals surface area contributed by atoms with E-state index in [2.05, 4.69) is 5.32 Å². The van der Waals surface area contributed by atoms with Crippen molar-refractivity contribution in [2.75, 3.05) is 21.0 Å². The molecule has 2 amide bonds. The van der Waals surface area contributed by atoms with Crippen molar-refractivity contribution in [1.29, 1.82) is 0 Å². The Morgan fingerprint density at radius 3 is 2.14 bits per heavy atom. The Morgan fingerprint density at radius 1 is 0.884 bits per heavy atom. The summed E-state index contributed by atoms with van der Waals surface area (Å²) in [6.07, 6.45) is 0.188. The van der Waals surface area contributed by atoms with Crippen LogP contribution in [0.25, 0.3) is 0 Å². The lowest BCUT2D eigenvalue weighted by Crippen LogP contribution is -2.70. The number of esters is 3. The molecule has 4 rings (SSSR count). The number of thioether (sulfide) groups is 1. The summed E-state index contributed by atoms with van der Waals surface area (Å²) >= 11 is 1.35. The predicted molar refractivity (Wildman–Crippen MR) is 154 cm³/mol. The second-order valence-corrected chi connectivity index (χ2v) is 12.1. The highest BCUT2D eigenvalue weighted by molar-refractivity contribution is 8.01. The number of nitrogens with one attached hydrogen (secondary N) is 1. The first-order valence-corrected chi connectivity index (χ1v) is 14.5. The van der Waals surface area contributed by atoms with Crippen molar-refractivity contribution in [1.82, 2.24) is 10.2 Å². The molecule has 2 aliphatic heterocycles. The van der Waals surface area contributed by atoms with Crippen molar-refractivity contribution in [2.24, 2.45) is 0 Å². The number of rotatable bonds is 13. The normalized spacial score (nSPS) is 19.9. The van der Waals surface area contributed by atoms with E-state index in [1.54, 1.807) is 32.0 Å². The van der Waals surface area contributed by atoms with Gasteiger partial charge in [-0.2, -0.15) is 0 Å². The molecule has 43 heavy (non-hydrogen) atoms. The maximum absolute atomic E-state index is 13.1. The number of β-lactam (4-membered cyclic amide) rings is 1. The monoisotopic (exact) mass is 614 g/mol. The average Bonchev–Trinajstić information content (AvgIpc) is 3.26. The van der Waals surface area contributed by atoms with Crippen molar-refractivity contribution in [2.45, 2.75) is 61.9 Å². The van der Waals surface area contributed by atoms with Gasteiger partial charge in [-0.1, -0.05) is 36.4 Å². The number of carbonyl (C=O) groups is 5. The molecule has 2 heterocycles. The van der Waals surface area contributed by atoms with Gasteiger partial charge in [-0.3, -0.25) is 19.2 Å². The maximum Gasteiger partial charge on any atom is 0.333 e. The maximum atomic E-state index is 13.1. The number of hydrogen-bond donors (Lipinski definition) is 1. The number of carbonyl (C=O) groups excluding carboxylic acids is 5. The second kappa shape index (κ2) is 13.8. The average molecular weight is 615 g/mol. The van der Waals surface area contributed by atoms with Gasteiger partial charge in [0.15, 0.2) is 0 Å². The SMILES string of the molecule is COc1cccc(OC)c1C(=O)NC1C(=O)N2[C@@H]1SC(C)(C)[C@@H]2C(=O)OCOC(=O)CCCC(=O)OCc1ccccc1. The van der Waals surface area contributed by atoms with Crippen LogP contribution < -0.4 is 14.8 Å². The van der Waals surface area contributed by atoms with Crippen LogP contribution in [0.5, 0.6) is 11.5 Å². The fraction of sp³-hybridized carbons (Fsp3) is 0.433. The van der Waals surface area contributed by atoms with E-state index in [0.29, 0.717) is 11.5 Å². The molecule has 0 spiro atoms. The van der Waals surface area contributed by atoms with E-state index < -0.39 is 58.7 Å². The Labute approximate surface area is 253 Å². The zero-order valence-corrected chi connectivity index (χ0v) is 25.1. The number of fused-ring (bicyclic) bond motifs is 1. The van der Waals surface area contributed by atoms with E-state index in [4.69, 9.17) is 23.7 Å². The number of benzene rings is 2. The highest BCUT2D eigenvalue weighted by Gasteiger charge is 2.64. The number of hydrogen-bond acceptors (Lipinski definition) is 11. The van der Waals surface area contributed by atoms with E-state index in [1.807, 2.05) is 30.3 Å². The molecule has 13 heteroatoms. The number of methoxy groups -OCH3 is 2. The van der Waals surface area contributed by atoms with E-state index >= 15 is 0 Å². The summed E-state index contributed by atoms with van der Waals surface area (Å²) in [5.41, 5.74) is 1.02. The lowest BCUT2D eigenvalue weighted by Gasteiger charge is -2.43. The molecule has 2 fully saturated rings. The molecule has 0 aromatic heterocycles. The predicted octanol–water partition coefficient (Wildman–Crippen LogP) is 2.82. The Bertz CT molecular complexity index is 1340. The van der Waals surface area contributed by atoms with Gasteiger partial charge in [0, 0.05) is 17.6 Å². The highest BCUT2D eigenvalue weighted by Crippen LogP contribution is 2.51. The Kier molecular flexibility index (Phi) is 10.2. The fourth-order valence-corrected chi connectivity index (χ4v) is 6.53. The van der Waals surface area contributed by atoms with Gasteiger partial charge < -0.3 is 33.9 Å². The largest absolute Gasteiger partial charge is 0.496 e. The minimum Gasteiger partial charge on any atom is -0.496 e. The van der Waals surface area contributed by atoms with Gasteiger partial charge in [0.05, 0.1) is 14.2 Å². The molecule has 2 aromatic rings. The van der Waals surface area contributed by atoms with Gasteiger partial charge in [-0.15, -0.1) is 11.8 Å². The molecule has 0 saturated carbocycles. The molecular formula is C30H34N2O10S. The van der Waals surface area contributed by atoms with E-state index in [-0.39, 0.29) is 31.4 Å². The van der Waals surface area contributed by atoms with Crippen LogP contribution in [-0.2, 0) is 40.0 Å². The van der Waals surface area contributed by atoms with Crippen molar-refractivity contribution in [3.05, 3.63) is 59.7 Å². The van der Waals surface area contributed by atoms with Gasteiger partial charge in [0.25, 0.3) is 5.91 Å². The van der Waals surface area contributed by atoms with Crippen molar-refractivity contribution < 1.29 is 47.7 Å². The van der Waals surface area contributed by atoms with Gasteiger partial charge in [0.2, 0.25) is 12.7 Å². The third-order valence-corrected chi connectivity index (χ3v) is 8.60. The van der Waals surface area contributed by atoms with Gasteiger partial charge >= 0.3 is 17.9 Å². The number of ether oxygens (including phenoxy) is 5. The van der Waals surface area contributed by atoms with Gasteiger partial charge in [-0.05, 0) is 38.0 Å². The van der Waals surface area contributed by atoms with Crippen LogP contribution in [0, 0.1) is 0 Å². The zero-order chi connectivity index (χ0) is 31.1. The van der Waals surface area contributed by atoms with Crippen molar-refractivity contribution in [3.8, 4) is 11.5 Å². The highest BCUT2D eigenvalue weighted by atomic mass is 32.2. The molecule has 0 aliphatic carbocycles. The van der Waals surface area contributed by atoms with E-state index in [0.717, 1.165) is 5.56 Å². The molecule has 0 bridgehead atoms. The first-order chi connectivity index (χ1) is 20.6. The Hall–Kier alpha value is -4.26. The number of amides is 2. The molecule has 2 saturated heterocycles. The fourth-order valence-electron chi connectivity index (χ4n) is 4.91. The van der Waals surface area contributed by atoms with Crippen LogP contribution in [-0.4, -0.2) is 77.8 Å². The van der Waals surface area contributed by atoms with E-state index in [1.165, 1.54) is 30.9 Å². The molecule has 3 atom stereocenters. The Morgan fingerprint density at radius 2 is 1.51 bits per heavy atom. The third-order valence-electron chi connectivity index (χ3n) is 7.03. The molecule has 1 N–H and O–H groups in total. The summed E-state index contributed by atoms with van der Waals surface area (Å²) in [5, 5.41) is 2.23. The first kappa shape index (κ1) is 31.7. The summed E-state index contributed by atoms with van der Waals surface area (Å²) in [4.78, 5) is 64.6. The summed E-state index contributed by atoms with van der Waals surface area (Å²) in [6.45, 7) is 3.11. The smallest absolute Gasteiger partial charge is 0.333 e. The van der Waals surface area contributed by atoms with E-state index in [9.17, 15) is 24.0 Å². The first-order valence-electron chi connectivity index (χ1n) is 13.6. The summed E-state index contributed by atoms with van der Waals surface area (Å²) in [5.74, 6) is -2.22. The number of nitrogens with zero attached hydrogens (tertiary/aromatic N) is 1. The van der Waals surface area contributed by atoms with Gasteiger partial charge in [-0.25, -0.2) is 4.79 Å². The lowest BCUT2D eigenvalue weighted by atomic mass is 9.95. The molecule has 1 unspecified atom stereocenters. The molecular weight excluding hydrogens is 580 g/mol. The second-order valence-electron chi connectivity index (χ2n) is 10.3.